The van der Waals surface area contributed by atoms with E-state index in [2.05, 4.69) is 6.92 Å². The van der Waals surface area contributed by atoms with E-state index in [4.69, 9.17) is 5.11 Å². The van der Waals surface area contributed by atoms with Crippen molar-refractivity contribution < 1.29 is 9.90 Å². The molecule has 2 nitrogen and oxygen atoms in total. The molecule has 0 unspecified atom stereocenters. The highest BCUT2D eigenvalue weighted by Gasteiger charge is 2.02. The molecule has 0 aromatic carbocycles. The monoisotopic (exact) mass is 1130 g/mol. The summed E-state index contributed by atoms with van der Waals surface area (Å²) in [4.78, 5) is 10.5. The summed E-state index contributed by atoms with van der Waals surface area (Å²) in [7, 11) is 0. The van der Waals surface area contributed by atoms with Gasteiger partial charge in [-0.05, 0) is 6.42 Å². The van der Waals surface area contributed by atoms with Crippen LogP contribution in [0.15, 0.2) is 0 Å². The minimum atomic E-state index is -0.645. The molecule has 0 atom stereocenters. The number of hydrogen-bond acceptors (Lipinski definition) is 1. The Morgan fingerprint density at radius 2 is 0.225 bits per heavy atom. The smallest absolute Gasteiger partial charge is 0.303 e. The lowest BCUT2D eigenvalue weighted by Gasteiger charge is -2.05. The Morgan fingerprint density at radius 3 is 0.300 bits per heavy atom. The molecule has 0 heterocycles. The van der Waals surface area contributed by atoms with Crippen LogP contribution in [0.2, 0.25) is 0 Å². The van der Waals surface area contributed by atoms with Gasteiger partial charge in [-0.1, -0.05) is 482 Å². The number of rotatable bonds is 76. The van der Waals surface area contributed by atoms with Crippen LogP contribution in [0.5, 0.6) is 0 Å². The van der Waals surface area contributed by atoms with Gasteiger partial charge in [-0.25, -0.2) is 0 Å². The first-order valence-electron chi connectivity index (χ1n) is 39.0. The molecular formula is C78H156O2. The van der Waals surface area contributed by atoms with Crippen molar-refractivity contribution in [1.82, 2.24) is 0 Å². The molecule has 0 amide bonds. The largest absolute Gasteiger partial charge is 0.481 e. The zero-order chi connectivity index (χ0) is 57.3. The first-order chi connectivity index (χ1) is 39.8. The molecule has 0 saturated heterocycles. The molecule has 0 saturated carbocycles. The van der Waals surface area contributed by atoms with Crippen LogP contribution < -0.4 is 0 Å². The maximum atomic E-state index is 10.5. The van der Waals surface area contributed by atoms with E-state index in [0.717, 1.165) is 12.8 Å². The number of carboxylic acids is 1. The van der Waals surface area contributed by atoms with Crippen molar-refractivity contribution in [2.24, 2.45) is 0 Å². The average molecular weight is 1130 g/mol. The molecule has 0 bridgehead atoms. The summed E-state index contributed by atoms with van der Waals surface area (Å²) in [5, 5.41) is 8.69. The van der Waals surface area contributed by atoms with Crippen molar-refractivity contribution in [3.63, 3.8) is 0 Å². The molecule has 80 heavy (non-hydrogen) atoms. The molecular weight excluding hydrogens is 969 g/mol. The molecule has 0 aromatic heterocycles. The molecule has 0 aromatic rings. The fourth-order valence-electron chi connectivity index (χ4n) is 13.3. The molecule has 2 heteroatoms. The van der Waals surface area contributed by atoms with Gasteiger partial charge in [0.2, 0.25) is 0 Å². The molecule has 0 aliphatic heterocycles. The van der Waals surface area contributed by atoms with E-state index in [1.165, 1.54) is 469 Å². The van der Waals surface area contributed by atoms with E-state index in [9.17, 15) is 4.79 Å². The molecule has 0 fully saturated rings. The van der Waals surface area contributed by atoms with Crippen LogP contribution in [0.4, 0.5) is 0 Å². The molecule has 480 valence electrons. The maximum Gasteiger partial charge on any atom is 0.303 e. The lowest BCUT2D eigenvalue weighted by atomic mass is 10.0. The summed E-state index contributed by atoms with van der Waals surface area (Å²) in [5.41, 5.74) is 0. The van der Waals surface area contributed by atoms with Gasteiger partial charge in [0, 0.05) is 6.42 Å². The fourth-order valence-corrected chi connectivity index (χ4v) is 13.3. The molecule has 0 radical (unpaired) electrons. The summed E-state index contributed by atoms with van der Waals surface area (Å²) in [6.45, 7) is 2.31. The third-order valence-corrected chi connectivity index (χ3v) is 19.0. The second-order valence-electron chi connectivity index (χ2n) is 27.3. The third-order valence-electron chi connectivity index (χ3n) is 19.0. The first kappa shape index (κ1) is 79.5. The molecule has 0 rings (SSSR count). The van der Waals surface area contributed by atoms with E-state index in [1.807, 2.05) is 0 Å². The van der Waals surface area contributed by atoms with Crippen molar-refractivity contribution in [3.8, 4) is 0 Å². The lowest BCUT2D eigenvalue weighted by molar-refractivity contribution is -0.137. The Morgan fingerprint density at radius 1 is 0.150 bits per heavy atom. The number of hydrogen-bond donors (Lipinski definition) is 1. The molecule has 0 aliphatic rings. The van der Waals surface area contributed by atoms with Gasteiger partial charge < -0.3 is 5.11 Å². The SMILES string of the molecule is CCCCCCCCCCCCCCCCCCCCCCCCCCCCCCCCCCCCCCCCCCCCCCCCCCCCCCCCCCCCCCCCCCCCCCCCCCCCCC(=O)O. The van der Waals surface area contributed by atoms with Gasteiger partial charge in [0.15, 0.2) is 0 Å². The van der Waals surface area contributed by atoms with E-state index >= 15 is 0 Å². The first-order valence-corrected chi connectivity index (χ1v) is 39.0. The van der Waals surface area contributed by atoms with E-state index in [0.29, 0.717) is 6.42 Å². The minimum Gasteiger partial charge on any atom is -0.481 e. The Labute approximate surface area is 508 Å². The second kappa shape index (κ2) is 76.5. The van der Waals surface area contributed by atoms with Gasteiger partial charge in [0.25, 0.3) is 0 Å². The molecule has 0 aliphatic carbocycles. The van der Waals surface area contributed by atoms with Crippen LogP contribution in [0, 0.1) is 0 Å². The predicted octanol–water partition coefficient (Wildman–Crippen LogP) is 29.7. The van der Waals surface area contributed by atoms with Gasteiger partial charge in [0.05, 0.1) is 0 Å². The Bertz CT molecular complexity index is 1050. The Hall–Kier alpha value is -0.530. The van der Waals surface area contributed by atoms with Crippen molar-refractivity contribution in [2.45, 2.75) is 495 Å². The van der Waals surface area contributed by atoms with Gasteiger partial charge in [-0.2, -0.15) is 0 Å². The van der Waals surface area contributed by atoms with Crippen LogP contribution in [0.1, 0.15) is 495 Å². The van der Waals surface area contributed by atoms with Crippen molar-refractivity contribution >= 4 is 5.97 Å². The summed E-state index contributed by atoms with van der Waals surface area (Å²) >= 11 is 0. The highest BCUT2D eigenvalue weighted by Crippen LogP contribution is 2.21. The van der Waals surface area contributed by atoms with Crippen LogP contribution in [0.3, 0.4) is 0 Å². The van der Waals surface area contributed by atoms with Gasteiger partial charge in [0.1, 0.15) is 0 Å². The Kier molecular flexibility index (Phi) is 76.0. The van der Waals surface area contributed by atoms with Crippen molar-refractivity contribution in [2.75, 3.05) is 0 Å². The summed E-state index contributed by atoms with van der Waals surface area (Å²) < 4.78 is 0. The van der Waals surface area contributed by atoms with E-state index in [-0.39, 0.29) is 0 Å². The van der Waals surface area contributed by atoms with Crippen molar-refractivity contribution in [3.05, 3.63) is 0 Å². The summed E-state index contributed by atoms with van der Waals surface area (Å²) in [5.74, 6) is -0.645. The van der Waals surface area contributed by atoms with Crippen LogP contribution >= 0.6 is 0 Å². The third kappa shape index (κ3) is 77.5. The predicted molar refractivity (Wildman–Crippen MR) is 364 cm³/mol. The lowest BCUT2D eigenvalue weighted by Crippen LogP contribution is -1.93. The minimum absolute atomic E-state index is 0.347. The van der Waals surface area contributed by atoms with Crippen molar-refractivity contribution in [1.29, 1.82) is 0 Å². The highest BCUT2D eigenvalue weighted by atomic mass is 16.4. The summed E-state index contributed by atoms with van der Waals surface area (Å²) in [6.07, 6.45) is 110. The normalized spacial score (nSPS) is 11.7. The van der Waals surface area contributed by atoms with Crippen LogP contribution in [-0.2, 0) is 4.79 Å². The quantitative estimate of drug-likeness (QED) is 0.0616. The molecule has 1 N–H and O–H groups in total. The van der Waals surface area contributed by atoms with Gasteiger partial charge in [-0.15, -0.1) is 0 Å². The number of unbranched alkanes of at least 4 members (excludes halogenated alkanes) is 74. The maximum absolute atomic E-state index is 10.5. The molecule has 0 spiro atoms. The van der Waals surface area contributed by atoms with Gasteiger partial charge in [-0.3, -0.25) is 4.79 Å². The number of aliphatic carboxylic acids is 1. The fraction of sp³-hybridized carbons (Fsp3) is 0.987. The highest BCUT2D eigenvalue weighted by molar-refractivity contribution is 5.66. The second-order valence-corrected chi connectivity index (χ2v) is 27.3. The van der Waals surface area contributed by atoms with E-state index in [1.54, 1.807) is 0 Å². The standard InChI is InChI=1S/C78H156O2/c1-2-3-4-5-6-7-8-9-10-11-12-13-14-15-16-17-18-19-20-21-22-23-24-25-26-27-28-29-30-31-32-33-34-35-36-37-38-39-40-41-42-43-44-45-46-47-48-49-50-51-52-53-54-55-56-57-58-59-60-61-62-63-64-65-66-67-68-69-70-71-72-73-74-75-76-77-78(79)80/h2-77H2,1H3,(H,79,80). The zero-order valence-corrected chi connectivity index (χ0v) is 56.1. The number of carboxylic acid groups (broad SMARTS) is 1. The topological polar surface area (TPSA) is 37.3 Å². The average Bonchev–Trinajstić information content (AvgIpc) is 3.46. The number of carbonyl (C=O) groups is 1. The van der Waals surface area contributed by atoms with Crippen LogP contribution in [-0.4, -0.2) is 11.1 Å². The zero-order valence-electron chi connectivity index (χ0n) is 56.1. The van der Waals surface area contributed by atoms with Gasteiger partial charge >= 0.3 is 5.97 Å². The van der Waals surface area contributed by atoms with E-state index < -0.39 is 5.97 Å². The summed E-state index contributed by atoms with van der Waals surface area (Å²) in [6, 6.07) is 0. The van der Waals surface area contributed by atoms with Crippen LogP contribution in [0.25, 0.3) is 0 Å². The Balaban J connectivity index is 3.08.